The summed E-state index contributed by atoms with van der Waals surface area (Å²) in [4.78, 5) is 78.2. The van der Waals surface area contributed by atoms with Crippen molar-refractivity contribution in [2.45, 2.75) is 44.0 Å². The van der Waals surface area contributed by atoms with E-state index in [1.165, 1.54) is 12.1 Å². The number of aliphatic hydroxyl groups is 1. The van der Waals surface area contributed by atoms with E-state index in [4.69, 9.17) is 5.73 Å². The molecular weight excluding hydrogens is 498 g/mol. The number of para-hydroxylation sites is 1. The summed E-state index contributed by atoms with van der Waals surface area (Å²) in [5.74, 6) is -4.62. The number of nitrogens with two attached hydrogens (primary N) is 1. The normalized spacial score (nSPS) is 14.2. The Morgan fingerprint density at radius 3 is 2.21 bits per heavy atom. The molecule has 0 aliphatic rings. The molecule has 4 unspecified atom stereocenters. The summed E-state index contributed by atoms with van der Waals surface area (Å²) in [7, 11) is 0. The van der Waals surface area contributed by atoms with Crippen LogP contribution in [0.15, 0.2) is 64.2 Å². The molecule has 0 saturated carbocycles. The highest BCUT2D eigenvalue weighted by Gasteiger charge is 2.33. The van der Waals surface area contributed by atoms with Gasteiger partial charge in [0.25, 0.3) is 5.56 Å². The number of rotatable bonds is 11. The average molecular weight is 526 g/mol. The zero-order valence-electron chi connectivity index (χ0n) is 20.3. The van der Waals surface area contributed by atoms with E-state index >= 15 is 0 Å². The molecule has 200 valence electrons. The molecule has 0 fully saturated rings. The SMILES string of the molecule is CC(O)C(NC(=O)C(CC(N)=O)NC(=O)C(Cc1ccccc1)n1c(=O)[nH]c2ccccc2c1=O)C(=O)O. The van der Waals surface area contributed by atoms with Gasteiger partial charge in [-0.1, -0.05) is 42.5 Å². The lowest BCUT2D eigenvalue weighted by atomic mass is 10.0. The third-order valence-electron chi connectivity index (χ3n) is 5.81. The monoisotopic (exact) mass is 525 g/mol. The zero-order valence-corrected chi connectivity index (χ0v) is 20.3. The number of aromatic nitrogens is 2. The highest BCUT2D eigenvalue weighted by molar-refractivity contribution is 5.94. The minimum absolute atomic E-state index is 0.135. The summed E-state index contributed by atoms with van der Waals surface area (Å²) in [5, 5.41) is 23.4. The number of amides is 3. The van der Waals surface area contributed by atoms with Gasteiger partial charge in [0.2, 0.25) is 17.7 Å². The highest BCUT2D eigenvalue weighted by atomic mass is 16.4. The van der Waals surface area contributed by atoms with Crippen LogP contribution in [0.3, 0.4) is 0 Å². The fourth-order valence-corrected chi connectivity index (χ4v) is 3.92. The third kappa shape index (κ3) is 6.50. The van der Waals surface area contributed by atoms with Crippen molar-refractivity contribution in [1.82, 2.24) is 20.2 Å². The van der Waals surface area contributed by atoms with Crippen LogP contribution in [0.4, 0.5) is 0 Å². The molecular formula is C25H27N5O8. The van der Waals surface area contributed by atoms with Gasteiger partial charge in [-0.3, -0.25) is 19.2 Å². The summed E-state index contributed by atoms with van der Waals surface area (Å²) in [6, 6.07) is 9.85. The molecule has 1 aromatic heterocycles. The number of nitrogens with one attached hydrogen (secondary N) is 3. The molecule has 0 spiro atoms. The van der Waals surface area contributed by atoms with E-state index in [2.05, 4.69) is 15.6 Å². The van der Waals surface area contributed by atoms with Crippen molar-refractivity contribution in [3.8, 4) is 0 Å². The fourth-order valence-electron chi connectivity index (χ4n) is 3.92. The Bertz CT molecular complexity index is 1460. The predicted molar refractivity (Wildman–Crippen MR) is 135 cm³/mol. The molecule has 0 aliphatic carbocycles. The number of hydrogen-bond acceptors (Lipinski definition) is 7. The van der Waals surface area contributed by atoms with Gasteiger partial charge < -0.3 is 31.6 Å². The molecule has 2 aromatic carbocycles. The highest BCUT2D eigenvalue weighted by Crippen LogP contribution is 2.14. The van der Waals surface area contributed by atoms with Crippen LogP contribution in [0.2, 0.25) is 0 Å². The van der Waals surface area contributed by atoms with Gasteiger partial charge in [-0.2, -0.15) is 0 Å². The number of hydrogen-bond donors (Lipinski definition) is 6. The molecule has 0 radical (unpaired) electrons. The Morgan fingerprint density at radius 2 is 1.61 bits per heavy atom. The van der Waals surface area contributed by atoms with Crippen LogP contribution in [-0.2, 0) is 25.6 Å². The van der Waals surface area contributed by atoms with E-state index in [9.17, 15) is 39.0 Å². The summed E-state index contributed by atoms with van der Waals surface area (Å²) >= 11 is 0. The van der Waals surface area contributed by atoms with Crippen LogP contribution in [0.5, 0.6) is 0 Å². The molecule has 3 rings (SSSR count). The van der Waals surface area contributed by atoms with E-state index in [0.717, 1.165) is 11.5 Å². The first-order chi connectivity index (χ1) is 18.0. The lowest BCUT2D eigenvalue weighted by Crippen LogP contribution is -2.57. The molecule has 13 nitrogen and oxygen atoms in total. The molecule has 7 N–H and O–H groups in total. The molecule has 0 saturated heterocycles. The van der Waals surface area contributed by atoms with Crippen molar-refractivity contribution in [3.05, 3.63) is 81.0 Å². The Hall–Kier alpha value is -4.78. The lowest BCUT2D eigenvalue weighted by Gasteiger charge is -2.25. The minimum Gasteiger partial charge on any atom is -0.480 e. The number of aliphatic carboxylic acids is 1. The second-order valence-electron chi connectivity index (χ2n) is 8.65. The molecule has 13 heteroatoms. The van der Waals surface area contributed by atoms with Crippen molar-refractivity contribution >= 4 is 34.6 Å². The van der Waals surface area contributed by atoms with Gasteiger partial charge in [-0.25, -0.2) is 14.2 Å². The number of benzene rings is 2. The van der Waals surface area contributed by atoms with Gasteiger partial charge in [0.15, 0.2) is 6.04 Å². The number of carbonyl (C=O) groups excluding carboxylic acids is 3. The fraction of sp³-hybridized carbons (Fsp3) is 0.280. The molecule has 3 aromatic rings. The van der Waals surface area contributed by atoms with Gasteiger partial charge >= 0.3 is 11.7 Å². The van der Waals surface area contributed by atoms with Crippen molar-refractivity contribution in [2.24, 2.45) is 5.73 Å². The Morgan fingerprint density at radius 1 is 0.974 bits per heavy atom. The van der Waals surface area contributed by atoms with Gasteiger partial charge in [-0.05, 0) is 24.6 Å². The smallest absolute Gasteiger partial charge is 0.329 e. The van der Waals surface area contributed by atoms with Crippen molar-refractivity contribution in [2.75, 3.05) is 0 Å². The number of primary amides is 1. The van der Waals surface area contributed by atoms with Crippen LogP contribution < -0.4 is 27.6 Å². The molecule has 4 atom stereocenters. The molecule has 1 heterocycles. The van der Waals surface area contributed by atoms with Crippen LogP contribution in [-0.4, -0.2) is 61.6 Å². The van der Waals surface area contributed by atoms with Gasteiger partial charge in [0, 0.05) is 6.42 Å². The van der Waals surface area contributed by atoms with Crippen LogP contribution in [0, 0.1) is 0 Å². The minimum atomic E-state index is -1.74. The number of nitrogens with zero attached hydrogens (tertiary/aromatic N) is 1. The van der Waals surface area contributed by atoms with Crippen LogP contribution in [0.25, 0.3) is 10.9 Å². The number of fused-ring (bicyclic) bond motifs is 1. The van der Waals surface area contributed by atoms with Crippen LogP contribution >= 0.6 is 0 Å². The first kappa shape index (κ1) is 27.8. The number of aromatic amines is 1. The Kier molecular flexibility index (Phi) is 8.76. The van der Waals surface area contributed by atoms with Crippen LogP contribution in [0.1, 0.15) is 24.9 Å². The number of aliphatic hydroxyl groups excluding tert-OH is 1. The van der Waals surface area contributed by atoms with Crippen molar-refractivity contribution < 1.29 is 29.4 Å². The summed E-state index contributed by atoms with van der Waals surface area (Å²) in [5.41, 5.74) is 4.46. The number of carbonyl (C=O) groups is 4. The maximum absolute atomic E-state index is 13.5. The number of H-pyrrole nitrogens is 1. The predicted octanol–water partition coefficient (Wildman–Crippen LogP) is -1.22. The van der Waals surface area contributed by atoms with Crippen molar-refractivity contribution in [3.63, 3.8) is 0 Å². The maximum Gasteiger partial charge on any atom is 0.329 e. The molecule has 0 bridgehead atoms. The van der Waals surface area contributed by atoms with E-state index in [0.29, 0.717) is 5.56 Å². The second-order valence-corrected chi connectivity index (χ2v) is 8.65. The summed E-state index contributed by atoms with van der Waals surface area (Å²) in [6.45, 7) is 1.13. The summed E-state index contributed by atoms with van der Waals surface area (Å²) < 4.78 is 0.722. The van der Waals surface area contributed by atoms with E-state index < -0.39 is 65.6 Å². The first-order valence-electron chi connectivity index (χ1n) is 11.6. The van der Waals surface area contributed by atoms with Gasteiger partial charge in [0.05, 0.1) is 23.4 Å². The zero-order chi connectivity index (χ0) is 28.0. The quantitative estimate of drug-likeness (QED) is 0.178. The van der Waals surface area contributed by atoms with Crippen molar-refractivity contribution in [1.29, 1.82) is 0 Å². The maximum atomic E-state index is 13.5. The third-order valence-corrected chi connectivity index (χ3v) is 5.81. The Labute approximate surface area is 215 Å². The number of carboxylic acids is 1. The largest absolute Gasteiger partial charge is 0.480 e. The summed E-state index contributed by atoms with van der Waals surface area (Å²) in [6.07, 6.45) is -2.35. The molecule has 0 aliphatic heterocycles. The van der Waals surface area contributed by atoms with E-state index in [-0.39, 0.29) is 17.3 Å². The molecule has 38 heavy (non-hydrogen) atoms. The molecule has 3 amide bonds. The van der Waals surface area contributed by atoms with Gasteiger partial charge in [0.1, 0.15) is 12.1 Å². The number of carboxylic acid groups (broad SMARTS) is 1. The van der Waals surface area contributed by atoms with E-state index in [1.807, 2.05) is 0 Å². The van der Waals surface area contributed by atoms with E-state index in [1.54, 1.807) is 42.5 Å². The lowest BCUT2D eigenvalue weighted by molar-refractivity contribution is -0.145. The second kappa shape index (κ2) is 12.0. The topological polar surface area (TPSA) is 214 Å². The van der Waals surface area contributed by atoms with Gasteiger partial charge in [-0.15, -0.1) is 0 Å². The standard InChI is InChI=1S/C25H27N5O8/c1-13(31)20(24(36)37)29-21(33)17(12-19(26)32)27-22(34)18(11-14-7-3-2-4-8-14)30-23(35)15-9-5-6-10-16(15)28-25(30)38/h2-10,13,17-18,20,31H,11-12H2,1H3,(H2,26,32)(H,27,34)(H,28,38)(H,29,33)(H,36,37). The first-order valence-corrected chi connectivity index (χ1v) is 11.6. The average Bonchev–Trinajstić information content (AvgIpc) is 2.86. The Balaban J connectivity index is 2.03.